The molecule has 0 saturated heterocycles. The van der Waals surface area contributed by atoms with Crippen molar-refractivity contribution in [1.82, 2.24) is 0 Å². The lowest BCUT2D eigenvalue weighted by Crippen LogP contribution is -2.07. The van der Waals surface area contributed by atoms with Gasteiger partial charge in [0, 0.05) is 14.9 Å². The van der Waals surface area contributed by atoms with Gasteiger partial charge < -0.3 is 0 Å². The lowest BCUT2D eigenvalue weighted by atomic mass is 10.3. The first kappa shape index (κ1) is 8.04. The summed E-state index contributed by atoms with van der Waals surface area (Å²) in [4.78, 5) is 2.68. The first-order chi connectivity index (χ1) is 3.68. The highest BCUT2D eigenvalue weighted by Gasteiger charge is 2.03. The van der Waals surface area contributed by atoms with Gasteiger partial charge >= 0.3 is 0 Å². The summed E-state index contributed by atoms with van der Waals surface area (Å²) in [6.45, 7) is 3.91. The molecule has 0 amide bonds. The fraction of sp³-hybridized carbons (Fsp3) is 1.00. The molecule has 0 saturated carbocycles. The van der Waals surface area contributed by atoms with Crippen LogP contribution >= 0.6 is 22.6 Å². The van der Waals surface area contributed by atoms with E-state index in [1.54, 1.807) is 0 Å². The molecule has 0 aliphatic rings. The van der Waals surface area contributed by atoms with Crippen molar-refractivity contribution >= 4 is 22.6 Å². The van der Waals surface area contributed by atoms with E-state index < -0.39 is 0 Å². The van der Waals surface area contributed by atoms with Crippen LogP contribution in [0.1, 0.15) is 13.8 Å². The summed E-state index contributed by atoms with van der Waals surface area (Å²) in [5.41, 5.74) is 7.94. The van der Waals surface area contributed by atoms with E-state index in [9.17, 15) is 0 Å². The third kappa shape index (κ3) is 3.10. The topological polar surface area (TPSA) is 48.8 Å². The monoisotopic (exact) mass is 225 g/mol. The van der Waals surface area contributed by atoms with Crippen LogP contribution < -0.4 is 0 Å². The van der Waals surface area contributed by atoms with Crippen molar-refractivity contribution in [2.45, 2.75) is 23.8 Å². The Morgan fingerprint density at radius 2 is 2.12 bits per heavy atom. The molecule has 0 fully saturated rings. The van der Waals surface area contributed by atoms with Crippen LogP contribution in [0, 0.1) is 0 Å². The zero-order valence-corrected chi connectivity index (χ0v) is 7.03. The van der Waals surface area contributed by atoms with E-state index >= 15 is 0 Å². The maximum Gasteiger partial charge on any atom is 0.0460 e. The molecule has 0 aromatic heterocycles. The number of hydrogen-bond acceptors (Lipinski definition) is 1. The molecule has 0 rings (SSSR count). The summed E-state index contributed by atoms with van der Waals surface area (Å²) in [6.07, 6.45) is 0. The van der Waals surface area contributed by atoms with Crippen LogP contribution in [0.2, 0.25) is 0 Å². The smallest absolute Gasteiger partial charge is 0.0460 e. The van der Waals surface area contributed by atoms with E-state index in [0.29, 0.717) is 3.92 Å². The van der Waals surface area contributed by atoms with Gasteiger partial charge in [0.25, 0.3) is 0 Å². The first-order valence-corrected chi connectivity index (χ1v) is 3.61. The Morgan fingerprint density at radius 3 is 2.25 bits per heavy atom. The number of hydrogen-bond donors (Lipinski definition) is 0. The first-order valence-electron chi connectivity index (χ1n) is 2.36. The molecular formula is C4H8IN3. The van der Waals surface area contributed by atoms with Crippen molar-refractivity contribution < 1.29 is 0 Å². The molecule has 0 bridgehead atoms. The van der Waals surface area contributed by atoms with E-state index in [0.717, 1.165) is 0 Å². The van der Waals surface area contributed by atoms with Crippen LogP contribution in [0.5, 0.6) is 0 Å². The molecule has 3 nitrogen and oxygen atoms in total. The number of halogens is 1. The second kappa shape index (κ2) is 3.97. The minimum absolute atomic E-state index is 0.112. The quantitative estimate of drug-likeness (QED) is 0.228. The van der Waals surface area contributed by atoms with Gasteiger partial charge in [-0.05, 0) is 5.53 Å². The van der Waals surface area contributed by atoms with E-state index in [2.05, 4.69) is 32.6 Å². The predicted octanol–water partition coefficient (Wildman–Crippen LogP) is 2.51. The molecule has 0 radical (unpaired) electrons. The van der Waals surface area contributed by atoms with Crippen molar-refractivity contribution in [3.05, 3.63) is 10.4 Å². The lowest BCUT2D eigenvalue weighted by molar-refractivity contribution is 0.744. The molecule has 4 heteroatoms. The van der Waals surface area contributed by atoms with Crippen LogP contribution in [-0.2, 0) is 0 Å². The van der Waals surface area contributed by atoms with Crippen molar-refractivity contribution in [1.29, 1.82) is 0 Å². The molecule has 0 aliphatic carbocycles. The summed E-state index contributed by atoms with van der Waals surface area (Å²) in [6, 6.07) is 0.112. The molecule has 8 heavy (non-hydrogen) atoms. The summed E-state index contributed by atoms with van der Waals surface area (Å²) in [5, 5.41) is 3.50. The third-order valence-electron chi connectivity index (χ3n) is 0.899. The van der Waals surface area contributed by atoms with Crippen LogP contribution in [0.4, 0.5) is 0 Å². The lowest BCUT2D eigenvalue weighted by Gasteiger charge is -2.03. The molecule has 46 valence electrons. The van der Waals surface area contributed by atoms with Gasteiger partial charge in [-0.15, -0.1) is 0 Å². The second-order valence-corrected chi connectivity index (χ2v) is 3.59. The molecule has 0 aliphatic heterocycles. The van der Waals surface area contributed by atoms with Crippen LogP contribution in [0.3, 0.4) is 0 Å². The number of azide groups is 1. The molecule has 0 heterocycles. The summed E-state index contributed by atoms with van der Waals surface area (Å²) in [5.74, 6) is 0. The average Bonchev–Trinajstić information content (AvgIpc) is 1.67. The molecular weight excluding hydrogens is 217 g/mol. The summed E-state index contributed by atoms with van der Waals surface area (Å²) in [7, 11) is 0. The summed E-state index contributed by atoms with van der Waals surface area (Å²) >= 11 is 2.23. The second-order valence-electron chi connectivity index (χ2n) is 1.62. The Labute approximate surface area is 62.2 Å². The molecule has 0 aromatic carbocycles. The molecule has 0 aromatic rings. The Hall–Kier alpha value is 0.0400. The van der Waals surface area contributed by atoms with Gasteiger partial charge in [-0.25, -0.2) is 0 Å². The summed E-state index contributed by atoms with van der Waals surface area (Å²) < 4.78 is 0.420. The predicted molar refractivity (Wildman–Crippen MR) is 42.1 cm³/mol. The van der Waals surface area contributed by atoms with E-state index in [4.69, 9.17) is 5.53 Å². The minimum Gasteiger partial charge on any atom is -0.0898 e. The van der Waals surface area contributed by atoms with Crippen LogP contribution in [0.25, 0.3) is 10.4 Å². The molecule has 2 atom stereocenters. The highest BCUT2D eigenvalue weighted by atomic mass is 127. The Kier molecular flexibility index (Phi) is 3.99. The van der Waals surface area contributed by atoms with Gasteiger partial charge in [0.15, 0.2) is 0 Å². The standard InChI is InChI=1S/C4H8IN3/c1-3(5)4(2)7-8-6/h3-4H,1-2H3/t3-,4-/m0/s1. The largest absolute Gasteiger partial charge is 0.0898 e. The zero-order chi connectivity index (χ0) is 6.57. The van der Waals surface area contributed by atoms with Gasteiger partial charge in [-0.2, -0.15) is 0 Å². The highest BCUT2D eigenvalue weighted by Crippen LogP contribution is 2.07. The minimum atomic E-state index is 0.112. The highest BCUT2D eigenvalue weighted by molar-refractivity contribution is 14.1. The van der Waals surface area contributed by atoms with Gasteiger partial charge in [-0.3, -0.25) is 0 Å². The fourth-order valence-corrected chi connectivity index (χ4v) is 0.317. The SMILES string of the molecule is C[C@H](I)[C@H](C)N=[N+]=[N-]. The average molecular weight is 225 g/mol. The van der Waals surface area contributed by atoms with Gasteiger partial charge in [0.05, 0.1) is 0 Å². The maximum atomic E-state index is 7.94. The Balaban J connectivity index is 3.63. The van der Waals surface area contributed by atoms with Crippen molar-refractivity contribution in [3.8, 4) is 0 Å². The van der Waals surface area contributed by atoms with Crippen LogP contribution in [-0.4, -0.2) is 9.97 Å². The van der Waals surface area contributed by atoms with Crippen molar-refractivity contribution in [2.24, 2.45) is 5.11 Å². The van der Waals surface area contributed by atoms with Crippen molar-refractivity contribution in [2.75, 3.05) is 0 Å². The number of alkyl halides is 1. The number of rotatable bonds is 2. The zero-order valence-electron chi connectivity index (χ0n) is 4.87. The van der Waals surface area contributed by atoms with Gasteiger partial charge in [0.1, 0.15) is 0 Å². The van der Waals surface area contributed by atoms with Crippen molar-refractivity contribution in [3.63, 3.8) is 0 Å². The van der Waals surface area contributed by atoms with E-state index in [-0.39, 0.29) is 6.04 Å². The van der Waals surface area contributed by atoms with Gasteiger partial charge in [-0.1, -0.05) is 41.6 Å². The molecule has 0 unspecified atom stereocenters. The van der Waals surface area contributed by atoms with Crippen LogP contribution in [0.15, 0.2) is 5.11 Å². The molecule has 0 spiro atoms. The van der Waals surface area contributed by atoms with Gasteiger partial charge in [0.2, 0.25) is 0 Å². The number of nitrogens with zero attached hydrogens (tertiary/aromatic N) is 3. The Bertz CT molecular complexity index is 106. The van der Waals surface area contributed by atoms with E-state index in [1.807, 2.05) is 13.8 Å². The molecule has 0 N–H and O–H groups in total. The Morgan fingerprint density at radius 1 is 1.62 bits per heavy atom. The normalized spacial score (nSPS) is 16.4. The maximum absolute atomic E-state index is 7.94. The van der Waals surface area contributed by atoms with E-state index in [1.165, 1.54) is 0 Å². The third-order valence-corrected chi connectivity index (χ3v) is 1.94. The fourth-order valence-electron chi connectivity index (χ4n) is 0.173.